The lowest BCUT2D eigenvalue weighted by Crippen LogP contribution is -2.38. The Morgan fingerprint density at radius 3 is 2.85 bits per heavy atom. The second kappa shape index (κ2) is 6.41. The van der Waals surface area contributed by atoms with Gasteiger partial charge in [-0.2, -0.15) is 0 Å². The fourth-order valence-electron chi connectivity index (χ4n) is 2.33. The predicted molar refractivity (Wildman–Crippen MR) is 83.8 cm³/mol. The Kier molecular flexibility index (Phi) is 4.83. The Bertz CT molecular complexity index is 607. The molecular formula is C15H19BrN2O2. The molecule has 0 fully saturated rings. The second-order valence-electron chi connectivity index (χ2n) is 5.35. The van der Waals surface area contributed by atoms with Gasteiger partial charge in [-0.15, -0.1) is 0 Å². The van der Waals surface area contributed by atoms with Crippen LogP contribution in [0.25, 0.3) is 10.9 Å². The van der Waals surface area contributed by atoms with E-state index in [0.717, 1.165) is 21.8 Å². The van der Waals surface area contributed by atoms with Crippen molar-refractivity contribution in [3.8, 4) is 0 Å². The number of halogens is 1. The minimum absolute atomic E-state index is 0.0482. The summed E-state index contributed by atoms with van der Waals surface area (Å²) in [5.74, 6) is 0.255. The summed E-state index contributed by atoms with van der Waals surface area (Å²) in [5, 5.41) is 13.1. The van der Waals surface area contributed by atoms with Crippen LogP contribution in [0.3, 0.4) is 0 Å². The molecule has 0 saturated heterocycles. The molecule has 0 aliphatic heterocycles. The number of fused-ring (bicyclic) bond motifs is 1. The van der Waals surface area contributed by atoms with E-state index in [0.29, 0.717) is 11.5 Å². The molecule has 0 aliphatic rings. The van der Waals surface area contributed by atoms with Crippen LogP contribution in [0.2, 0.25) is 0 Å². The number of nitrogens with one attached hydrogen (secondary N) is 2. The normalized spacial score (nSPS) is 12.8. The highest BCUT2D eigenvalue weighted by Crippen LogP contribution is 2.26. The van der Waals surface area contributed by atoms with Crippen molar-refractivity contribution in [2.24, 2.45) is 5.92 Å². The van der Waals surface area contributed by atoms with Gasteiger partial charge in [-0.25, -0.2) is 0 Å². The summed E-state index contributed by atoms with van der Waals surface area (Å²) in [6.45, 7) is 4.08. The molecule has 108 valence electrons. The molecule has 0 spiro atoms. The van der Waals surface area contributed by atoms with E-state index in [-0.39, 0.29) is 18.6 Å². The van der Waals surface area contributed by atoms with E-state index < -0.39 is 0 Å². The van der Waals surface area contributed by atoms with E-state index in [1.807, 2.05) is 18.2 Å². The van der Waals surface area contributed by atoms with Crippen LogP contribution in [0.4, 0.5) is 0 Å². The summed E-state index contributed by atoms with van der Waals surface area (Å²) in [5.41, 5.74) is 1.50. The topological polar surface area (TPSA) is 65.1 Å². The fraction of sp³-hybridized carbons (Fsp3) is 0.400. The third-order valence-electron chi connectivity index (χ3n) is 3.21. The lowest BCUT2D eigenvalue weighted by Gasteiger charge is -2.18. The van der Waals surface area contributed by atoms with E-state index in [1.165, 1.54) is 0 Å². The van der Waals surface area contributed by atoms with Gasteiger partial charge in [-0.1, -0.05) is 35.8 Å². The first-order valence-corrected chi connectivity index (χ1v) is 7.49. The average Bonchev–Trinajstić information content (AvgIpc) is 2.82. The standard InChI is InChI=1S/C15H19BrN2O2/c1-9(2)6-10(8-19)18-15(20)11-7-17-13-5-3-4-12(16)14(11)13/h3-5,7,9-10,17,19H,6,8H2,1-2H3,(H,18,20). The number of hydrogen-bond acceptors (Lipinski definition) is 2. The molecule has 0 bridgehead atoms. The van der Waals surface area contributed by atoms with Crippen LogP contribution in [0.1, 0.15) is 30.6 Å². The van der Waals surface area contributed by atoms with Crippen LogP contribution in [-0.2, 0) is 0 Å². The van der Waals surface area contributed by atoms with Crippen LogP contribution in [0, 0.1) is 5.92 Å². The molecule has 0 aliphatic carbocycles. The quantitative estimate of drug-likeness (QED) is 0.784. The van der Waals surface area contributed by atoms with Crippen molar-refractivity contribution in [1.29, 1.82) is 0 Å². The Hall–Kier alpha value is -1.33. The van der Waals surface area contributed by atoms with Gasteiger partial charge in [0, 0.05) is 21.6 Å². The van der Waals surface area contributed by atoms with Crippen molar-refractivity contribution in [3.05, 3.63) is 34.4 Å². The molecule has 1 unspecified atom stereocenters. The highest BCUT2D eigenvalue weighted by molar-refractivity contribution is 9.10. The molecule has 2 aromatic rings. The van der Waals surface area contributed by atoms with Gasteiger partial charge < -0.3 is 15.4 Å². The van der Waals surface area contributed by atoms with Gasteiger partial charge in [0.25, 0.3) is 5.91 Å². The molecule has 4 nitrogen and oxygen atoms in total. The first-order valence-electron chi connectivity index (χ1n) is 6.70. The Morgan fingerprint density at radius 2 is 2.20 bits per heavy atom. The smallest absolute Gasteiger partial charge is 0.253 e. The molecule has 1 amide bonds. The highest BCUT2D eigenvalue weighted by Gasteiger charge is 2.18. The van der Waals surface area contributed by atoms with Crippen molar-refractivity contribution in [3.63, 3.8) is 0 Å². The average molecular weight is 339 g/mol. The van der Waals surface area contributed by atoms with Crippen molar-refractivity contribution in [2.75, 3.05) is 6.61 Å². The third-order valence-corrected chi connectivity index (χ3v) is 3.87. The largest absolute Gasteiger partial charge is 0.394 e. The van der Waals surface area contributed by atoms with Crippen LogP contribution >= 0.6 is 15.9 Å². The van der Waals surface area contributed by atoms with Gasteiger partial charge in [-0.3, -0.25) is 4.79 Å². The van der Waals surface area contributed by atoms with Gasteiger partial charge in [0.1, 0.15) is 0 Å². The number of H-pyrrole nitrogens is 1. The number of hydrogen-bond donors (Lipinski definition) is 3. The molecule has 0 saturated carbocycles. The number of carbonyl (C=O) groups is 1. The lowest BCUT2D eigenvalue weighted by atomic mass is 10.0. The monoisotopic (exact) mass is 338 g/mol. The van der Waals surface area contributed by atoms with Crippen molar-refractivity contribution >= 4 is 32.7 Å². The van der Waals surface area contributed by atoms with Gasteiger partial charge in [0.2, 0.25) is 0 Å². The molecule has 20 heavy (non-hydrogen) atoms. The summed E-state index contributed by atoms with van der Waals surface area (Å²) in [6.07, 6.45) is 2.46. The molecule has 1 heterocycles. The van der Waals surface area contributed by atoms with Gasteiger partial charge in [0.05, 0.1) is 18.2 Å². The third kappa shape index (κ3) is 3.22. The summed E-state index contributed by atoms with van der Waals surface area (Å²) in [4.78, 5) is 15.4. The van der Waals surface area contributed by atoms with Crippen LogP contribution < -0.4 is 5.32 Å². The van der Waals surface area contributed by atoms with Crippen LogP contribution in [0.5, 0.6) is 0 Å². The van der Waals surface area contributed by atoms with Crippen molar-refractivity contribution in [2.45, 2.75) is 26.3 Å². The number of aromatic amines is 1. The summed E-state index contributed by atoms with van der Waals surface area (Å²) in [7, 11) is 0. The molecule has 5 heteroatoms. The molecule has 3 N–H and O–H groups in total. The number of benzene rings is 1. The zero-order chi connectivity index (χ0) is 14.7. The van der Waals surface area contributed by atoms with E-state index in [9.17, 15) is 9.90 Å². The maximum Gasteiger partial charge on any atom is 0.253 e. The zero-order valence-electron chi connectivity index (χ0n) is 11.6. The van der Waals surface area contributed by atoms with Gasteiger partial charge in [-0.05, 0) is 24.5 Å². The minimum Gasteiger partial charge on any atom is -0.394 e. The Labute approximate surface area is 126 Å². The maximum atomic E-state index is 12.4. The number of aliphatic hydroxyl groups is 1. The van der Waals surface area contributed by atoms with E-state index in [2.05, 4.69) is 40.1 Å². The SMILES string of the molecule is CC(C)CC(CO)NC(=O)c1c[nH]c2cccc(Br)c12. The summed E-state index contributed by atoms with van der Waals surface area (Å²) >= 11 is 3.47. The predicted octanol–water partition coefficient (Wildman–Crippen LogP) is 3.07. The molecule has 0 radical (unpaired) electrons. The van der Waals surface area contributed by atoms with E-state index >= 15 is 0 Å². The highest BCUT2D eigenvalue weighted by atomic mass is 79.9. The molecule has 1 aromatic carbocycles. The summed E-state index contributed by atoms with van der Waals surface area (Å²) in [6, 6.07) is 5.54. The number of amides is 1. The number of carbonyl (C=O) groups excluding carboxylic acids is 1. The van der Waals surface area contributed by atoms with Crippen LogP contribution in [-0.4, -0.2) is 28.6 Å². The maximum absolute atomic E-state index is 12.4. The summed E-state index contributed by atoms with van der Waals surface area (Å²) < 4.78 is 0.880. The molecule has 1 atom stereocenters. The van der Waals surface area contributed by atoms with Crippen molar-refractivity contribution in [1.82, 2.24) is 10.3 Å². The number of rotatable bonds is 5. The first-order chi connectivity index (χ1) is 9.52. The number of aliphatic hydroxyl groups excluding tert-OH is 1. The van der Waals surface area contributed by atoms with Crippen LogP contribution in [0.15, 0.2) is 28.9 Å². The minimum atomic E-state index is -0.213. The van der Waals surface area contributed by atoms with Gasteiger partial charge in [0.15, 0.2) is 0 Å². The Morgan fingerprint density at radius 1 is 1.45 bits per heavy atom. The first kappa shape index (κ1) is 15.1. The van der Waals surface area contributed by atoms with Crippen molar-refractivity contribution < 1.29 is 9.90 Å². The lowest BCUT2D eigenvalue weighted by molar-refractivity contribution is 0.0910. The Balaban J connectivity index is 2.23. The fourth-order valence-corrected chi connectivity index (χ4v) is 2.91. The van der Waals surface area contributed by atoms with E-state index in [4.69, 9.17) is 0 Å². The molecular weight excluding hydrogens is 320 g/mol. The second-order valence-corrected chi connectivity index (χ2v) is 6.20. The molecule has 2 rings (SSSR count). The van der Waals surface area contributed by atoms with E-state index in [1.54, 1.807) is 6.20 Å². The number of aromatic nitrogens is 1. The zero-order valence-corrected chi connectivity index (χ0v) is 13.2. The molecule has 1 aromatic heterocycles. The van der Waals surface area contributed by atoms with Gasteiger partial charge >= 0.3 is 0 Å².